The van der Waals surface area contributed by atoms with Crippen molar-refractivity contribution in [2.75, 3.05) is 38.2 Å². The van der Waals surface area contributed by atoms with Crippen molar-refractivity contribution >= 4 is 26.9 Å². The molecule has 0 amide bonds. The average Bonchev–Trinajstić information content (AvgIpc) is 3.02. The minimum Gasteiger partial charge on any atom is -0.495 e. The molecule has 4 rings (SSSR count). The maximum absolute atomic E-state index is 13.2. The van der Waals surface area contributed by atoms with Crippen LogP contribution < -0.4 is 9.64 Å². The highest BCUT2D eigenvalue weighted by Crippen LogP contribution is 2.30. The number of nitrogens with zero attached hydrogens (tertiary/aromatic N) is 6. The summed E-state index contributed by atoms with van der Waals surface area (Å²) >= 11 is 0. The summed E-state index contributed by atoms with van der Waals surface area (Å²) in [6.45, 7) is 5.57. The van der Waals surface area contributed by atoms with E-state index in [1.165, 1.54) is 17.7 Å². The van der Waals surface area contributed by atoms with Crippen LogP contribution in [0.4, 0.5) is 5.82 Å². The Bertz CT molecular complexity index is 1170. The molecule has 1 aromatic carbocycles. The molecule has 9 nitrogen and oxygen atoms in total. The van der Waals surface area contributed by atoms with Crippen LogP contribution in [0.2, 0.25) is 0 Å². The molecule has 0 spiro atoms. The lowest BCUT2D eigenvalue weighted by Crippen LogP contribution is -2.49. The van der Waals surface area contributed by atoms with Crippen molar-refractivity contribution in [1.29, 1.82) is 0 Å². The number of piperazine rings is 1. The molecular formula is C19H24N6O3S. The predicted octanol–water partition coefficient (Wildman–Crippen LogP) is 1.50. The molecule has 1 saturated heterocycles. The Morgan fingerprint density at radius 2 is 1.79 bits per heavy atom. The summed E-state index contributed by atoms with van der Waals surface area (Å²) in [5.74, 6) is 1.14. The molecule has 1 fully saturated rings. The minimum absolute atomic E-state index is 0.208. The number of sulfonamides is 1. The third kappa shape index (κ3) is 3.32. The van der Waals surface area contributed by atoms with E-state index in [0.717, 1.165) is 28.1 Å². The Morgan fingerprint density at radius 3 is 2.48 bits per heavy atom. The quantitative estimate of drug-likeness (QED) is 0.636. The van der Waals surface area contributed by atoms with Crippen LogP contribution in [0.3, 0.4) is 0 Å². The van der Waals surface area contributed by atoms with E-state index in [1.54, 1.807) is 16.8 Å². The zero-order valence-electron chi connectivity index (χ0n) is 17.0. The zero-order chi connectivity index (χ0) is 20.8. The number of rotatable bonds is 4. The molecule has 10 heteroatoms. The van der Waals surface area contributed by atoms with Gasteiger partial charge < -0.3 is 9.64 Å². The summed E-state index contributed by atoms with van der Waals surface area (Å²) in [5.41, 5.74) is 3.40. The van der Waals surface area contributed by atoms with Crippen LogP contribution in [0.25, 0.3) is 11.0 Å². The number of aryl methyl sites for hydroxylation is 3. The topological polar surface area (TPSA) is 93.5 Å². The number of ether oxygens (including phenoxy) is 1. The first-order valence-electron chi connectivity index (χ1n) is 9.37. The Morgan fingerprint density at radius 1 is 1.07 bits per heavy atom. The number of hydrogen-bond donors (Lipinski definition) is 0. The van der Waals surface area contributed by atoms with Gasteiger partial charge in [0.05, 0.1) is 12.8 Å². The van der Waals surface area contributed by atoms with E-state index < -0.39 is 10.0 Å². The van der Waals surface area contributed by atoms with Crippen molar-refractivity contribution in [3.05, 3.63) is 35.8 Å². The fourth-order valence-electron chi connectivity index (χ4n) is 3.75. The summed E-state index contributed by atoms with van der Waals surface area (Å²) in [4.78, 5) is 11.1. The molecule has 3 aromatic rings. The first-order chi connectivity index (χ1) is 13.8. The van der Waals surface area contributed by atoms with Crippen molar-refractivity contribution in [2.24, 2.45) is 7.05 Å². The predicted molar refractivity (Wildman–Crippen MR) is 110 cm³/mol. The van der Waals surface area contributed by atoms with Crippen LogP contribution in [0, 0.1) is 13.8 Å². The van der Waals surface area contributed by atoms with E-state index in [9.17, 15) is 8.42 Å². The van der Waals surface area contributed by atoms with Crippen LogP contribution in [-0.2, 0) is 17.1 Å². The maximum Gasteiger partial charge on any atom is 0.246 e. The standard InChI is InChI=1S/C19H24N6O3S/c1-13-5-6-15(28-4)16(11-13)29(26,27)25-9-7-24(8-10-25)19-18-17(20-12-21-19)14(2)22-23(18)3/h5-6,11-12H,7-10H2,1-4H3. The zero-order valence-corrected chi connectivity index (χ0v) is 17.8. The average molecular weight is 417 g/mol. The van der Waals surface area contributed by atoms with Gasteiger partial charge in [0.1, 0.15) is 28.0 Å². The lowest BCUT2D eigenvalue weighted by molar-refractivity contribution is 0.373. The first-order valence-corrected chi connectivity index (χ1v) is 10.8. The second-order valence-electron chi connectivity index (χ2n) is 7.15. The summed E-state index contributed by atoms with van der Waals surface area (Å²) in [6.07, 6.45) is 1.53. The van der Waals surface area contributed by atoms with Gasteiger partial charge in [-0.05, 0) is 31.5 Å². The van der Waals surface area contributed by atoms with Crippen molar-refractivity contribution in [2.45, 2.75) is 18.7 Å². The van der Waals surface area contributed by atoms with Gasteiger partial charge in [-0.1, -0.05) is 6.07 Å². The number of hydrogen-bond acceptors (Lipinski definition) is 7. The van der Waals surface area contributed by atoms with Gasteiger partial charge in [-0.2, -0.15) is 9.40 Å². The van der Waals surface area contributed by atoms with Crippen LogP contribution in [-0.4, -0.2) is 65.8 Å². The summed E-state index contributed by atoms with van der Waals surface area (Å²) < 4.78 is 35.0. The van der Waals surface area contributed by atoms with Gasteiger partial charge in [-0.15, -0.1) is 0 Å². The maximum atomic E-state index is 13.2. The van der Waals surface area contributed by atoms with Gasteiger partial charge in [-0.3, -0.25) is 4.68 Å². The van der Waals surface area contributed by atoms with Gasteiger partial charge in [0.25, 0.3) is 0 Å². The minimum atomic E-state index is -3.65. The Labute approximate surface area is 170 Å². The number of benzene rings is 1. The molecule has 2 aromatic heterocycles. The lowest BCUT2D eigenvalue weighted by atomic mass is 10.2. The molecular weight excluding hydrogens is 392 g/mol. The molecule has 3 heterocycles. The third-order valence-electron chi connectivity index (χ3n) is 5.24. The largest absolute Gasteiger partial charge is 0.495 e. The highest BCUT2D eigenvalue weighted by atomic mass is 32.2. The summed E-state index contributed by atoms with van der Waals surface area (Å²) in [7, 11) is -0.296. The van der Waals surface area contributed by atoms with E-state index in [0.29, 0.717) is 31.9 Å². The molecule has 0 atom stereocenters. The SMILES string of the molecule is COc1ccc(C)cc1S(=O)(=O)N1CCN(c2ncnc3c(C)nn(C)c23)CC1. The van der Waals surface area contributed by atoms with Gasteiger partial charge in [0, 0.05) is 33.2 Å². The monoisotopic (exact) mass is 416 g/mol. The molecule has 0 radical (unpaired) electrons. The van der Waals surface area contributed by atoms with Gasteiger partial charge >= 0.3 is 0 Å². The van der Waals surface area contributed by atoms with Crippen LogP contribution in [0.5, 0.6) is 5.75 Å². The Hall–Kier alpha value is -2.72. The number of aromatic nitrogens is 4. The number of fused-ring (bicyclic) bond motifs is 1. The number of methoxy groups -OCH3 is 1. The molecule has 0 bridgehead atoms. The Kier molecular flexibility index (Phi) is 4.91. The molecule has 1 aliphatic heterocycles. The Balaban J connectivity index is 1.60. The second kappa shape index (κ2) is 7.27. The molecule has 0 unspecified atom stereocenters. The van der Waals surface area contributed by atoms with Crippen LogP contribution in [0.1, 0.15) is 11.3 Å². The smallest absolute Gasteiger partial charge is 0.246 e. The highest BCUT2D eigenvalue weighted by molar-refractivity contribution is 7.89. The van der Waals surface area contributed by atoms with Crippen LogP contribution >= 0.6 is 0 Å². The van der Waals surface area contributed by atoms with Gasteiger partial charge in [0.2, 0.25) is 10.0 Å². The molecule has 0 N–H and O–H groups in total. The van der Waals surface area contributed by atoms with Crippen molar-refractivity contribution in [1.82, 2.24) is 24.1 Å². The molecule has 1 aliphatic rings. The molecule has 0 aliphatic carbocycles. The van der Waals surface area contributed by atoms with Crippen molar-refractivity contribution in [3.8, 4) is 5.75 Å². The second-order valence-corrected chi connectivity index (χ2v) is 9.06. The molecule has 0 saturated carbocycles. The third-order valence-corrected chi connectivity index (χ3v) is 7.16. The lowest BCUT2D eigenvalue weighted by Gasteiger charge is -2.35. The highest BCUT2D eigenvalue weighted by Gasteiger charge is 2.32. The van der Waals surface area contributed by atoms with E-state index in [-0.39, 0.29) is 4.90 Å². The van der Waals surface area contributed by atoms with Gasteiger partial charge in [-0.25, -0.2) is 18.4 Å². The van der Waals surface area contributed by atoms with E-state index in [4.69, 9.17) is 4.74 Å². The van der Waals surface area contributed by atoms with Crippen molar-refractivity contribution < 1.29 is 13.2 Å². The fourth-order valence-corrected chi connectivity index (χ4v) is 5.41. The van der Waals surface area contributed by atoms with E-state index in [2.05, 4.69) is 20.0 Å². The van der Waals surface area contributed by atoms with E-state index >= 15 is 0 Å². The van der Waals surface area contributed by atoms with Crippen molar-refractivity contribution in [3.63, 3.8) is 0 Å². The number of anilines is 1. The van der Waals surface area contributed by atoms with E-state index in [1.807, 2.05) is 27.0 Å². The molecule has 154 valence electrons. The molecule has 29 heavy (non-hydrogen) atoms. The first kappa shape index (κ1) is 19.6. The van der Waals surface area contributed by atoms with Crippen LogP contribution in [0.15, 0.2) is 29.4 Å². The summed E-state index contributed by atoms with van der Waals surface area (Å²) in [5, 5.41) is 4.43. The van der Waals surface area contributed by atoms with Gasteiger partial charge in [0.15, 0.2) is 5.82 Å². The normalized spacial score (nSPS) is 15.8. The summed E-state index contributed by atoms with van der Waals surface area (Å²) in [6, 6.07) is 5.19. The fraction of sp³-hybridized carbons (Fsp3) is 0.421.